The Bertz CT molecular complexity index is 1290. The third-order valence-corrected chi connectivity index (χ3v) is 6.85. The Morgan fingerprint density at radius 3 is 2.08 bits per heavy atom. The van der Waals surface area contributed by atoms with Crippen LogP contribution in [-0.2, 0) is 30.1 Å². The zero-order valence-corrected chi connectivity index (χ0v) is 21.4. The molecule has 11 heteroatoms. The number of benzene rings is 2. The largest absolute Gasteiger partial charge is 0.416 e. The van der Waals surface area contributed by atoms with Crippen LogP contribution in [-0.4, -0.2) is 30.3 Å². The van der Waals surface area contributed by atoms with Gasteiger partial charge in [0.05, 0.1) is 29.9 Å². The van der Waals surface area contributed by atoms with E-state index < -0.39 is 47.4 Å². The number of nitrogens with zero attached hydrogens (tertiary/aromatic N) is 2. The summed E-state index contributed by atoms with van der Waals surface area (Å²) in [5, 5.41) is 10.9. The molecule has 210 valence electrons. The van der Waals surface area contributed by atoms with Gasteiger partial charge in [0, 0.05) is 28.7 Å². The molecule has 39 heavy (non-hydrogen) atoms. The predicted octanol–water partition coefficient (Wildman–Crippen LogP) is 6.67. The molecule has 1 aromatic heterocycles. The molecule has 2 aromatic carbocycles. The van der Waals surface area contributed by atoms with Crippen LogP contribution >= 0.6 is 0 Å². The number of fused-ring (bicyclic) bond motifs is 1. The van der Waals surface area contributed by atoms with Crippen LogP contribution in [0.5, 0.6) is 0 Å². The zero-order valence-electron chi connectivity index (χ0n) is 21.4. The molecule has 0 saturated carbocycles. The van der Waals surface area contributed by atoms with Crippen molar-refractivity contribution < 1.29 is 45.4 Å². The third-order valence-electron chi connectivity index (χ3n) is 6.85. The maximum atomic E-state index is 13.7. The number of hydrogen-bond acceptors (Lipinski definition) is 3. The first kappa shape index (κ1) is 28.8. The Labute approximate surface area is 221 Å². The lowest BCUT2D eigenvalue weighted by atomic mass is 9.78. The molecule has 0 bridgehead atoms. The van der Waals surface area contributed by atoms with Gasteiger partial charge in [-0.1, -0.05) is 12.1 Å². The number of ether oxygens (including phenoxy) is 1. The van der Waals surface area contributed by atoms with Crippen LogP contribution in [0.15, 0.2) is 54.6 Å². The van der Waals surface area contributed by atoms with Crippen molar-refractivity contribution in [3.05, 3.63) is 99.6 Å². The molecule has 4 rings (SSSR count). The van der Waals surface area contributed by atoms with Crippen LogP contribution in [0.4, 0.5) is 30.7 Å². The Balaban J connectivity index is 1.74. The van der Waals surface area contributed by atoms with E-state index in [2.05, 4.69) is 0 Å². The van der Waals surface area contributed by atoms with Gasteiger partial charge in [0.1, 0.15) is 5.82 Å². The molecule has 0 unspecified atom stereocenters. The molecule has 0 radical (unpaired) electrons. The zero-order chi connectivity index (χ0) is 28.7. The van der Waals surface area contributed by atoms with E-state index in [1.165, 1.54) is 19.1 Å². The van der Waals surface area contributed by atoms with Gasteiger partial charge in [-0.2, -0.15) is 26.3 Å². The highest BCUT2D eigenvalue weighted by atomic mass is 19.4. The maximum Gasteiger partial charge on any atom is 0.416 e. The Morgan fingerprint density at radius 2 is 1.54 bits per heavy atom. The van der Waals surface area contributed by atoms with E-state index in [0.717, 1.165) is 4.73 Å². The number of rotatable bonds is 6. The van der Waals surface area contributed by atoms with Gasteiger partial charge in [-0.05, 0) is 75.0 Å². The average molecular weight is 558 g/mol. The summed E-state index contributed by atoms with van der Waals surface area (Å²) >= 11 is 0. The van der Waals surface area contributed by atoms with Crippen LogP contribution in [0.2, 0.25) is 0 Å². The van der Waals surface area contributed by atoms with Crippen LogP contribution in [0.1, 0.15) is 64.6 Å². The van der Waals surface area contributed by atoms with Crippen molar-refractivity contribution in [3.8, 4) is 0 Å². The van der Waals surface area contributed by atoms with Crippen molar-refractivity contribution in [1.29, 1.82) is 0 Å². The molecule has 4 nitrogen and oxygen atoms in total. The summed E-state index contributed by atoms with van der Waals surface area (Å²) in [6.07, 6.45) is -11.1. The fourth-order valence-corrected chi connectivity index (χ4v) is 5.04. The van der Waals surface area contributed by atoms with E-state index in [1.54, 1.807) is 18.2 Å². The van der Waals surface area contributed by atoms with Crippen LogP contribution < -0.4 is 4.73 Å². The van der Waals surface area contributed by atoms with Gasteiger partial charge in [0.2, 0.25) is 11.4 Å². The highest BCUT2D eigenvalue weighted by molar-refractivity contribution is 5.38. The fourth-order valence-electron chi connectivity index (χ4n) is 5.04. The fraction of sp³-hybridized carbons (Fsp3) is 0.393. The van der Waals surface area contributed by atoms with Crippen molar-refractivity contribution in [3.63, 3.8) is 0 Å². The second-order valence-electron chi connectivity index (χ2n) is 10.0. The van der Waals surface area contributed by atoms with E-state index in [1.807, 2.05) is 25.1 Å². The predicted molar refractivity (Wildman–Crippen MR) is 128 cm³/mol. The number of hydrogen-bond donors (Lipinski definition) is 1. The minimum atomic E-state index is -4.98. The van der Waals surface area contributed by atoms with E-state index in [4.69, 9.17) is 4.74 Å². The van der Waals surface area contributed by atoms with Crippen molar-refractivity contribution in [2.24, 2.45) is 0 Å². The van der Waals surface area contributed by atoms with Gasteiger partial charge in [0.15, 0.2) is 0 Å². The molecule has 3 atom stereocenters. The molecule has 0 amide bonds. The van der Waals surface area contributed by atoms with Gasteiger partial charge < -0.3 is 4.74 Å². The summed E-state index contributed by atoms with van der Waals surface area (Å²) in [5.74, 6) is -1.03. The second-order valence-corrected chi connectivity index (χ2v) is 10.0. The molecule has 0 aliphatic heterocycles. The highest BCUT2D eigenvalue weighted by Crippen LogP contribution is 2.42. The van der Waals surface area contributed by atoms with E-state index in [0.29, 0.717) is 54.0 Å². The number of halogens is 7. The number of pyridine rings is 1. The second kappa shape index (κ2) is 10.8. The average Bonchev–Trinajstić information content (AvgIpc) is 2.84. The smallest absolute Gasteiger partial charge is 0.370 e. The monoisotopic (exact) mass is 557 g/mol. The Hall–Kier alpha value is -3.18. The summed E-state index contributed by atoms with van der Waals surface area (Å²) in [6, 6.07) is 10.6. The SMILES string of the molecule is C[C@@H](O[C@H]1CCc2c(ccc(CN(C)C)[n+]2O)[C@@H]1c1ccc(F)cc1)c1cc(C(F)(F)F)cc(C(F)(F)F)c1. The van der Waals surface area contributed by atoms with Crippen molar-refractivity contribution in [1.82, 2.24) is 4.90 Å². The van der Waals surface area contributed by atoms with Crippen molar-refractivity contribution in [2.75, 3.05) is 14.1 Å². The molecule has 1 heterocycles. The van der Waals surface area contributed by atoms with Gasteiger partial charge in [0.25, 0.3) is 0 Å². The summed E-state index contributed by atoms with van der Waals surface area (Å²) in [5.41, 5.74) is -0.546. The summed E-state index contributed by atoms with van der Waals surface area (Å²) in [6.45, 7) is 1.86. The summed E-state index contributed by atoms with van der Waals surface area (Å²) < 4.78 is 102. The normalized spacial score (nSPS) is 18.7. The summed E-state index contributed by atoms with van der Waals surface area (Å²) in [4.78, 5) is 1.88. The number of alkyl halides is 6. The molecule has 1 N–H and O–H groups in total. The highest BCUT2D eigenvalue weighted by Gasteiger charge is 2.40. The third kappa shape index (κ3) is 6.36. The Kier molecular flexibility index (Phi) is 7.96. The van der Waals surface area contributed by atoms with Gasteiger partial charge in [-0.15, -0.1) is 0 Å². The number of aromatic nitrogens is 1. The molecular weight excluding hydrogens is 529 g/mol. The maximum absolute atomic E-state index is 13.7. The molecule has 1 aliphatic carbocycles. The standard InChI is InChI=1S/C28H28F7N2O2/c1-16(18-12-19(27(30,31)32)14-20(13-18)28(33,34)35)39-25-11-10-24-23(9-8-22(37(24)38)15-36(2)3)26(25)17-4-6-21(29)7-5-17/h4-9,12-14,16,25-26,38H,10-11,15H2,1-3H3/q+1/t16-,25+,26+/m1/s1. The lowest BCUT2D eigenvalue weighted by molar-refractivity contribution is -0.915. The van der Waals surface area contributed by atoms with E-state index in [9.17, 15) is 35.9 Å². The lowest BCUT2D eigenvalue weighted by Gasteiger charge is -2.34. The molecule has 0 spiro atoms. The van der Waals surface area contributed by atoms with Gasteiger partial charge in [-0.25, -0.2) is 4.39 Å². The molecule has 3 aromatic rings. The van der Waals surface area contributed by atoms with Crippen molar-refractivity contribution >= 4 is 0 Å². The van der Waals surface area contributed by atoms with Crippen LogP contribution in [0.3, 0.4) is 0 Å². The van der Waals surface area contributed by atoms with Gasteiger partial charge in [-0.3, -0.25) is 10.1 Å². The molecule has 0 saturated heterocycles. The molecule has 0 fully saturated rings. The first-order valence-corrected chi connectivity index (χ1v) is 12.3. The minimum Gasteiger partial charge on any atom is -0.370 e. The molecule has 1 aliphatic rings. The first-order chi connectivity index (χ1) is 18.1. The van der Waals surface area contributed by atoms with Crippen LogP contribution in [0.25, 0.3) is 0 Å². The lowest BCUT2D eigenvalue weighted by Crippen LogP contribution is -2.46. The minimum absolute atomic E-state index is 0.0830. The topological polar surface area (TPSA) is 36.6 Å². The first-order valence-electron chi connectivity index (χ1n) is 12.3. The Morgan fingerprint density at radius 1 is 0.949 bits per heavy atom. The van der Waals surface area contributed by atoms with E-state index >= 15 is 0 Å². The van der Waals surface area contributed by atoms with Gasteiger partial charge >= 0.3 is 12.4 Å². The quantitative estimate of drug-likeness (QED) is 0.209. The summed E-state index contributed by atoms with van der Waals surface area (Å²) in [7, 11) is 3.70. The van der Waals surface area contributed by atoms with E-state index in [-0.39, 0.29) is 11.6 Å². The van der Waals surface area contributed by atoms with Crippen molar-refractivity contribution in [2.45, 2.75) is 56.8 Å². The van der Waals surface area contributed by atoms with Crippen LogP contribution in [0, 0.1) is 5.82 Å². The molecular formula is C28H28F7N2O2+.